The van der Waals surface area contributed by atoms with Crippen LogP contribution in [0.5, 0.6) is 0 Å². The molecule has 5 nitrogen and oxygen atoms in total. The van der Waals surface area contributed by atoms with Gasteiger partial charge in [-0.1, -0.05) is 0 Å². The molecule has 0 saturated heterocycles. The smallest absolute Gasteiger partial charge is 0.181 e. The minimum atomic E-state index is 0.572. The summed E-state index contributed by atoms with van der Waals surface area (Å²) in [5, 5.41) is 4.36. The van der Waals surface area contributed by atoms with Crippen molar-refractivity contribution < 1.29 is 0 Å². The Balaban J connectivity index is 2.21. The molecule has 0 unspecified atom stereocenters. The molecule has 17 heavy (non-hydrogen) atoms. The first-order chi connectivity index (χ1) is 8.20. The van der Waals surface area contributed by atoms with Crippen molar-refractivity contribution in [3.8, 4) is 11.4 Å². The van der Waals surface area contributed by atoms with Gasteiger partial charge in [-0.3, -0.25) is 4.68 Å². The SMILES string of the molecule is CN(C)c1ccc(-c2ncn(CCN)n2)cc1. The second-order valence-electron chi connectivity index (χ2n) is 4.06. The van der Waals surface area contributed by atoms with Crippen LogP contribution in [0.25, 0.3) is 11.4 Å². The lowest BCUT2D eigenvalue weighted by Crippen LogP contribution is -2.10. The van der Waals surface area contributed by atoms with Gasteiger partial charge in [0.25, 0.3) is 0 Å². The van der Waals surface area contributed by atoms with Crippen LogP contribution in [-0.2, 0) is 6.54 Å². The number of hydrogen-bond donors (Lipinski definition) is 1. The van der Waals surface area contributed by atoms with Crippen molar-refractivity contribution in [3.63, 3.8) is 0 Å². The van der Waals surface area contributed by atoms with E-state index in [4.69, 9.17) is 5.73 Å². The summed E-state index contributed by atoms with van der Waals surface area (Å²) in [6.45, 7) is 1.27. The van der Waals surface area contributed by atoms with E-state index < -0.39 is 0 Å². The Bertz CT molecular complexity index is 472. The molecule has 2 N–H and O–H groups in total. The van der Waals surface area contributed by atoms with Crippen LogP contribution >= 0.6 is 0 Å². The molecular formula is C12H17N5. The van der Waals surface area contributed by atoms with E-state index in [-0.39, 0.29) is 0 Å². The van der Waals surface area contributed by atoms with Crippen molar-refractivity contribution in [1.29, 1.82) is 0 Å². The van der Waals surface area contributed by atoms with Crippen LogP contribution in [0.15, 0.2) is 30.6 Å². The predicted molar refractivity (Wildman–Crippen MR) is 68.8 cm³/mol. The van der Waals surface area contributed by atoms with Gasteiger partial charge in [-0.25, -0.2) is 4.98 Å². The standard InChI is InChI=1S/C12H17N5/c1-16(2)11-5-3-10(4-6-11)12-14-9-17(15-12)8-7-13/h3-6,9H,7-8,13H2,1-2H3. The maximum absolute atomic E-state index is 5.47. The van der Waals surface area contributed by atoms with E-state index in [0.717, 1.165) is 17.1 Å². The zero-order valence-corrected chi connectivity index (χ0v) is 10.2. The molecule has 90 valence electrons. The first-order valence-corrected chi connectivity index (χ1v) is 5.58. The Hall–Kier alpha value is -1.88. The number of nitrogens with two attached hydrogens (primary N) is 1. The molecule has 1 aromatic carbocycles. The first kappa shape index (κ1) is 11.6. The predicted octanol–water partition coefficient (Wildman–Crippen LogP) is 0.970. The molecule has 0 spiro atoms. The Kier molecular flexibility index (Phi) is 3.39. The molecule has 0 amide bonds. The van der Waals surface area contributed by atoms with Gasteiger partial charge in [0.2, 0.25) is 0 Å². The maximum Gasteiger partial charge on any atom is 0.181 e. The summed E-state index contributed by atoms with van der Waals surface area (Å²) in [5.41, 5.74) is 7.65. The molecule has 0 aliphatic carbocycles. The van der Waals surface area contributed by atoms with Gasteiger partial charge in [0, 0.05) is 31.9 Å². The van der Waals surface area contributed by atoms with E-state index in [0.29, 0.717) is 13.1 Å². The Morgan fingerprint density at radius 3 is 2.53 bits per heavy atom. The van der Waals surface area contributed by atoms with E-state index in [1.165, 1.54) is 0 Å². The van der Waals surface area contributed by atoms with Crippen LogP contribution in [0.1, 0.15) is 0 Å². The largest absolute Gasteiger partial charge is 0.378 e. The number of anilines is 1. The summed E-state index contributed by atoms with van der Waals surface area (Å²) >= 11 is 0. The van der Waals surface area contributed by atoms with Gasteiger partial charge in [-0.2, -0.15) is 5.10 Å². The highest BCUT2D eigenvalue weighted by Crippen LogP contribution is 2.18. The van der Waals surface area contributed by atoms with Crippen LogP contribution in [0.3, 0.4) is 0 Å². The van der Waals surface area contributed by atoms with Crippen molar-refractivity contribution >= 4 is 5.69 Å². The quantitative estimate of drug-likeness (QED) is 0.851. The fraction of sp³-hybridized carbons (Fsp3) is 0.333. The second-order valence-corrected chi connectivity index (χ2v) is 4.06. The number of rotatable bonds is 4. The molecule has 0 bridgehead atoms. The lowest BCUT2D eigenvalue weighted by Gasteiger charge is -2.11. The summed E-state index contributed by atoms with van der Waals surface area (Å²) in [6, 6.07) is 8.16. The average Bonchev–Trinajstić information content (AvgIpc) is 2.78. The highest BCUT2D eigenvalue weighted by atomic mass is 15.3. The molecule has 0 saturated carbocycles. The first-order valence-electron chi connectivity index (χ1n) is 5.58. The van der Waals surface area contributed by atoms with Crippen LogP contribution < -0.4 is 10.6 Å². The molecule has 1 heterocycles. The summed E-state index contributed by atoms with van der Waals surface area (Å²) in [4.78, 5) is 6.32. The monoisotopic (exact) mass is 231 g/mol. The van der Waals surface area contributed by atoms with Crippen molar-refractivity contribution in [1.82, 2.24) is 14.8 Å². The van der Waals surface area contributed by atoms with Gasteiger partial charge >= 0.3 is 0 Å². The van der Waals surface area contributed by atoms with E-state index >= 15 is 0 Å². The van der Waals surface area contributed by atoms with E-state index in [9.17, 15) is 0 Å². The lowest BCUT2D eigenvalue weighted by molar-refractivity contribution is 0.625. The van der Waals surface area contributed by atoms with Gasteiger partial charge in [0.15, 0.2) is 5.82 Å². The molecule has 0 atom stereocenters. The Morgan fingerprint density at radius 2 is 1.94 bits per heavy atom. The van der Waals surface area contributed by atoms with Crippen LogP contribution in [0, 0.1) is 0 Å². The molecule has 0 aliphatic heterocycles. The topological polar surface area (TPSA) is 60.0 Å². The lowest BCUT2D eigenvalue weighted by atomic mass is 10.2. The van der Waals surface area contributed by atoms with Crippen molar-refractivity contribution in [3.05, 3.63) is 30.6 Å². The zero-order chi connectivity index (χ0) is 12.3. The van der Waals surface area contributed by atoms with Crippen molar-refractivity contribution in [2.24, 2.45) is 5.73 Å². The van der Waals surface area contributed by atoms with Crippen LogP contribution in [-0.4, -0.2) is 35.4 Å². The molecule has 0 radical (unpaired) electrons. The van der Waals surface area contributed by atoms with E-state index in [1.54, 1.807) is 11.0 Å². The van der Waals surface area contributed by atoms with Crippen LogP contribution in [0.2, 0.25) is 0 Å². The summed E-state index contributed by atoms with van der Waals surface area (Å²) in [7, 11) is 4.03. The molecule has 1 aromatic heterocycles. The van der Waals surface area contributed by atoms with Crippen molar-refractivity contribution in [2.75, 3.05) is 25.5 Å². The second kappa shape index (κ2) is 4.97. The summed E-state index contributed by atoms with van der Waals surface area (Å²) in [5.74, 6) is 0.740. The van der Waals surface area contributed by atoms with Gasteiger partial charge in [0.1, 0.15) is 6.33 Å². The third-order valence-corrected chi connectivity index (χ3v) is 2.54. The zero-order valence-electron chi connectivity index (χ0n) is 10.2. The molecule has 5 heteroatoms. The van der Waals surface area contributed by atoms with Gasteiger partial charge < -0.3 is 10.6 Å². The minimum Gasteiger partial charge on any atom is -0.378 e. The minimum absolute atomic E-state index is 0.572. The summed E-state index contributed by atoms with van der Waals surface area (Å²) < 4.78 is 1.76. The van der Waals surface area contributed by atoms with Gasteiger partial charge in [-0.05, 0) is 24.3 Å². The number of aromatic nitrogens is 3. The number of benzene rings is 1. The van der Waals surface area contributed by atoms with Crippen molar-refractivity contribution in [2.45, 2.75) is 6.54 Å². The van der Waals surface area contributed by atoms with E-state index in [2.05, 4.69) is 27.1 Å². The van der Waals surface area contributed by atoms with Gasteiger partial charge in [0.05, 0.1) is 6.54 Å². The van der Waals surface area contributed by atoms with Gasteiger partial charge in [-0.15, -0.1) is 0 Å². The fourth-order valence-corrected chi connectivity index (χ4v) is 1.58. The highest BCUT2D eigenvalue weighted by Gasteiger charge is 2.04. The fourth-order valence-electron chi connectivity index (χ4n) is 1.58. The Labute approximate surface area is 101 Å². The molecule has 2 aromatic rings. The molecule has 0 fully saturated rings. The normalized spacial score (nSPS) is 10.5. The average molecular weight is 231 g/mol. The third-order valence-electron chi connectivity index (χ3n) is 2.54. The molecular weight excluding hydrogens is 214 g/mol. The Morgan fingerprint density at radius 1 is 1.24 bits per heavy atom. The number of nitrogens with zero attached hydrogens (tertiary/aromatic N) is 4. The maximum atomic E-state index is 5.47. The van der Waals surface area contributed by atoms with Crippen LogP contribution in [0.4, 0.5) is 5.69 Å². The highest BCUT2D eigenvalue weighted by molar-refractivity contribution is 5.59. The molecule has 0 aliphatic rings. The number of hydrogen-bond acceptors (Lipinski definition) is 4. The third kappa shape index (κ3) is 2.62. The molecule has 2 rings (SSSR count). The van der Waals surface area contributed by atoms with E-state index in [1.807, 2.05) is 26.2 Å². The summed E-state index contributed by atoms with van der Waals surface area (Å²) in [6.07, 6.45) is 1.71.